The molecule has 1 heterocycles. The Morgan fingerprint density at radius 2 is 2.36 bits per heavy atom. The molecule has 0 radical (unpaired) electrons. The molecule has 1 atom stereocenters. The summed E-state index contributed by atoms with van der Waals surface area (Å²) in [6.45, 7) is 4.08. The number of hydrogen-bond donors (Lipinski definition) is 0. The van der Waals surface area contributed by atoms with Gasteiger partial charge in [0.1, 0.15) is 4.47 Å². The number of hydrogen-bond acceptors (Lipinski definition) is 2. The van der Waals surface area contributed by atoms with Gasteiger partial charge in [-0.1, -0.05) is 24.9 Å². The highest BCUT2D eigenvalue weighted by atomic mass is 79.9. The maximum atomic E-state index is 11.7. The summed E-state index contributed by atoms with van der Waals surface area (Å²) in [6, 6.07) is 0.161. The molecule has 0 amide bonds. The highest BCUT2D eigenvalue weighted by Crippen LogP contribution is 2.16. The molecule has 0 aliphatic rings. The molecule has 0 fully saturated rings. The maximum Gasteiger partial charge on any atom is 0.269 e. The van der Waals surface area contributed by atoms with Crippen molar-refractivity contribution in [2.24, 2.45) is 0 Å². The van der Waals surface area contributed by atoms with Crippen molar-refractivity contribution < 1.29 is 0 Å². The van der Waals surface area contributed by atoms with Crippen LogP contribution in [0.5, 0.6) is 0 Å². The van der Waals surface area contributed by atoms with Crippen LogP contribution in [0.3, 0.4) is 0 Å². The summed E-state index contributed by atoms with van der Waals surface area (Å²) in [5, 5.41) is 0.218. The number of rotatable bonds is 3. The molecule has 1 unspecified atom stereocenters. The van der Waals surface area contributed by atoms with Gasteiger partial charge in [-0.15, -0.1) is 0 Å². The minimum atomic E-state index is -0.119. The first-order valence-electron chi connectivity index (χ1n) is 4.50. The van der Waals surface area contributed by atoms with Crippen LogP contribution in [0, 0.1) is 0 Å². The lowest BCUT2D eigenvalue weighted by Crippen LogP contribution is -2.24. The lowest BCUT2D eigenvalue weighted by atomic mass is 10.2. The van der Waals surface area contributed by atoms with Crippen LogP contribution in [-0.4, -0.2) is 9.55 Å². The summed E-state index contributed by atoms with van der Waals surface area (Å²) in [5.41, 5.74) is -0.119. The van der Waals surface area contributed by atoms with Gasteiger partial charge in [-0.05, 0) is 29.3 Å². The van der Waals surface area contributed by atoms with Gasteiger partial charge in [0.05, 0.1) is 6.33 Å². The van der Waals surface area contributed by atoms with Crippen LogP contribution in [0.15, 0.2) is 15.6 Å². The zero-order valence-electron chi connectivity index (χ0n) is 8.13. The molecule has 0 N–H and O–H groups in total. The van der Waals surface area contributed by atoms with Gasteiger partial charge >= 0.3 is 0 Å². The van der Waals surface area contributed by atoms with E-state index in [0.29, 0.717) is 4.47 Å². The minimum absolute atomic E-state index is 0.119. The predicted octanol–water partition coefficient (Wildman–Crippen LogP) is 3.02. The summed E-state index contributed by atoms with van der Waals surface area (Å²) in [6.07, 6.45) is 3.49. The molecule has 0 saturated carbocycles. The maximum absolute atomic E-state index is 11.7. The van der Waals surface area contributed by atoms with Crippen molar-refractivity contribution in [3.8, 4) is 0 Å². The Labute approximate surface area is 96.2 Å². The fraction of sp³-hybridized carbons (Fsp3) is 0.556. The van der Waals surface area contributed by atoms with Crippen molar-refractivity contribution >= 4 is 27.5 Å². The molecule has 0 aliphatic heterocycles. The lowest BCUT2D eigenvalue weighted by molar-refractivity contribution is 0.478. The third-order valence-electron chi connectivity index (χ3n) is 2.08. The van der Waals surface area contributed by atoms with Crippen molar-refractivity contribution in [2.45, 2.75) is 32.7 Å². The fourth-order valence-corrected chi connectivity index (χ4v) is 1.73. The smallest absolute Gasteiger partial charge is 0.269 e. The topological polar surface area (TPSA) is 34.9 Å². The second kappa shape index (κ2) is 4.94. The first-order valence-corrected chi connectivity index (χ1v) is 5.67. The van der Waals surface area contributed by atoms with Crippen LogP contribution in [0.1, 0.15) is 32.7 Å². The molecule has 1 aromatic rings. The monoisotopic (exact) mass is 278 g/mol. The van der Waals surface area contributed by atoms with Gasteiger partial charge in [0.15, 0.2) is 5.15 Å². The van der Waals surface area contributed by atoms with Gasteiger partial charge in [-0.2, -0.15) is 0 Å². The quantitative estimate of drug-likeness (QED) is 0.797. The third kappa shape index (κ3) is 2.36. The number of aromatic nitrogens is 2. The number of nitrogens with zero attached hydrogens (tertiary/aromatic N) is 2. The summed E-state index contributed by atoms with van der Waals surface area (Å²) in [5.74, 6) is 0. The van der Waals surface area contributed by atoms with Crippen molar-refractivity contribution in [1.29, 1.82) is 0 Å². The van der Waals surface area contributed by atoms with Gasteiger partial charge in [0.25, 0.3) is 5.56 Å². The van der Waals surface area contributed by atoms with Gasteiger partial charge in [-0.25, -0.2) is 4.98 Å². The number of halogens is 2. The molecule has 0 bridgehead atoms. The van der Waals surface area contributed by atoms with Gasteiger partial charge in [0.2, 0.25) is 0 Å². The zero-order valence-corrected chi connectivity index (χ0v) is 10.5. The van der Waals surface area contributed by atoms with E-state index in [-0.39, 0.29) is 16.8 Å². The Balaban J connectivity index is 3.11. The van der Waals surface area contributed by atoms with Gasteiger partial charge in [0, 0.05) is 6.04 Å². The van der Waals surface area contributed by atoms with E-state index in [4.69, 9.17) is 11.6 Å². The van der Waals surface area contributed by atoms with Crippen LogP contribution in [0.25, 0.3) is 0 Å². The van der Waals surface area contributed by atoms with E-state index in [1.165, 1.54) is 6.33 Å². The minimum Gasteiger partial charge on any atom is -0.295 e. The van der Waals surface area contributed by atoms with E-state index in [1.54, 1.807) is 4.57 Å². The molecule has 0 spiro atoms. The normalized spacial score (nSPS) is 12.9. The van der Waals surface area contributed by atoms with E-state index in [2.05, 4.69) is 27.8 Å². The van der Waals surface area contributed by atoms with Crippen molar-refractivity contribution in [3.63, 3.8) is 0 Å². The molecule has 0 saturated heterocycles. The fourth-order valence-electron chi connectivity index (χ4n) is 1.29. The predicted molar refractivity (Wildman–Crippen MR) is 60.8 cm³/mol. The standard InChI is InChI=1S/C9H12BrClN2O/c1-3-4-6(2)13-5-12-8(11)7(10)9(13)14/h5-6H,3-4H2,1-2H3. The molecule has 0 aliphatic carbocycles. The molecule has 5 heteroatoms. The van der Waals surface area contributed by atoms with Crippen molar-refractivity contribution in [3.05, 3.63) is 26.3 Å². The van der Waals surface area contributed by atoms with E-state index >= 15 is 0 Å². The Morgan fingerprint density at radius 3 is 2.93 bits per heavy atom. The Bertz CT molecular complexity index is 378. The highest BCUT2D eigenvalue weighted by molar-refractivity contribution is 9.10. The van der Waals surface area contributed by atoms with E-state index in [1.807, 2.05) is 6.92 Å². The zero-order chi connectivity index (χ0) is 10.7. The second-order valence-electron chi connectivity index (χ2n) is 3.20. The van der Waals surface area contributed by atoms with Crippen LogP contribution >= 0.6 is 27.5 Å². The molecule has 0 aromatic carbocycles. The highest BCUT2D eigenvalue weighted by Gasteiger charge is 2.10. The average molecular weight is 280 g/mol. The third-order valence-corrected chi connectivity index (χ3v) is 3.31. The van der Waals surface area contributed by atoms with E-state index < -0.39 is 0 Å². The molecule has 3 nitrogen and oxygen atoms in total. The molecule has 78 valence electrons. The Morgan fingerprint density at radius 1 is 1.71 bits per heavy atom. The van der Waals surface area contributed by atoms with Gasteiger partial charge < -0.3 is 0 Å². The van der Waals surface area contributed by atoms with E-state index in [9.17, 15) is 4.79 Å². The molecule has 14 heavy (non-hydrogen) atoms. The van der Waals surface area contributed by atoms with Crippen LogP contribution in [-0.2, 0) is 0 Å². The van der Waals surface area contributed by atoms with Crippen LogP contribution in [0.2, 0.25) is 5.15 Å². The Kier molecular flexibility index (Phi) is 4.13. The summed E-state index contributed by atoms with van der Waals surface area (Å²) >= 11 is 8.82. The average Bonchev–Trinajstić information content (AvgIpc) is 2.15. The first-order chi connectivity index (χ1) is 6.57. The summed E-state index contributed by atoms with van der Waals surface area (Å²) < 4.78 is 1.93. The summed E-state index contributed by atoms with van der Waals surface area (Å²) in [7, 11) is 0. The first kappa shape index (κ1) is 11.7. The molecule has 1 aromatic heterocycles. The van der Waals surface area contributed by atoms with Crippen molar-refractivity contribution in [2.75, 3.05) is 0 Å². The second-order valence-corrected chi connectivity index (χ2v) is 4.35. The summed E-state index contributed by atoms with van der Waals surface area (Å²) in [4.78, 5) is 15.6. The molecule has 1 rings (SSSR count). The van der Waals surface area contributed by atoms with Crippen LogP contribution < -0.4 is 5.56 Å². The van der Waals surface area contributed by atoms with E-state index in [0.717, 1.165) is 12.8 Å². The largest absolute Gasteiger partial charge is 0.295 e. The molecular weight excluding hydrogens is 267 g/mol. The SMILES string of the molecule is CCCC(C)n1cnc(Cl)c(Br)c1=O. The molecular formula is C9H12BrClN2O. The van der Waals surface area contributed by atoms with Gasteiger partial charge in [-0.3, -0.25) is 9.36 Å². The van der Waals surface area contributed by atoms with Crippen LogP contribution in [0.4, 0.5) is 0 Å². The lowest BCUT2D eigenvalue weighted by Gasteiger charge is -2.13. The van der Waals surface area contributed by atoms with Crippen molar-refractivity contribution in [1.82, 2.24) is 9.55 Å². The Hall–Kier alpha value is -0.350.